The summed E-state index contributed by atoms with van der Waals surface area (Å²) in [6.45, 7) is 3.08. The first-order valence-corrected chi connectivity index (χ1v) is 9.10. The fourth-order valence-corrected chi connectivity index (χ4v) is 3.97. The van der Waals surface area contributed by atoms with Gasteiger partial charge in [-0.15, -0.1) is 0 Å². The lowest BCUT2D eigenvalue weighted by Crippen LogP contribution is -2.46. The second kappa shape index (κ2) is 8.44. The second-order valence-corrected chi connectivity index (χ2v) is 7.54. The molecule has 1 heterocycles. The van der Waals surface area contributed by atoms with E-state index >= 15 is 0 Å². The third kappa shape index (κ3) is 4.49. The van der Waals surface area contributed by atoms with Gasteiger partial charge in [-0.1, -0.05) is 30.8 Å². The smallest absolute Gasteiger partial charge is 0.326 e. The SMILES string of the molecule is CC(=O)S[C@H](C(=O)c1cccc(F)c1)[C@H](C)C(=O)N1CCC[C@H]1C(=O)O. The zero-order valence-electron chi connectivity index (χ0n) is 14.5. The van der Waals surface area contributed by atoms with Crippen LogP contribution in [0.5, 0.6) is 0 Å². The Morgan fingerprint density at radius 1 is 1.31 bits per heavy atom. The number of amides is 1. The van der Waals surface area contributed by atoms with E-state index in [4.69, 9.17) is 0 Å². The molecule has 1 aliphatic heterocycles. The maximum atomic E-state index is 13.4. The van der Waals surface area contributed by atoms with E-state index in [9.17, 15) is 28.7 Å². The molecule has 26 heavy (non-hydrogen) atoms. The van der Waals surface area contributed by atoms with E-state index in [-0.39, 0.29) is 10.7 Å². The third-order valence-corrected chi connectivity index (χ3v) is 5.53. The Morgan fingerprint density at radius 3 is 2.58 bits per heavy atom. The average molecular weight is 381 g/mol. The third-order valence-electron chi connectivity index (χ3n) is 4.33. The number of thioether (sulfide) groups is 1. The number of likely N-dealkylation sites (tertiary alicyclic amines) is 1. The molecule has 140 valence electrons. The minimum atomic E-state index is -1.09. The van der Waals surface area contributed by atoms with Gasteiger partial charge >= 0.3 is 5.97 Å². The van der Waals surface area contributed by atoms with Crippen molar-refractivity contribution in [3.05, 3.63) is 35.6 Å². The molecule has 8 heteroatoms. The number of ketones is 1. The summed E-state index contributed by atoms with van der Waals surface area (Å²) in [5.74, 6) is -3.61. The largest absolute Gasteiger partial charge is 0.480 e. The Balaban J connectivity index is 2.27. The highest BCUT2D eigenvalue weighted by molar-refractivity contribution is 8.14. The Hall–Kier alpha value is -2.22. The number of halogens is 1. The molecule has 1 fully saturated rings. The fraction of sp³-hybridized carbons (Fsp3) is 0.444. The molecule has 1 aromatic carbocycles. The number of benzene rings is 1. The Morgan fingerprint density at radius 2 is 2.00 bits per heavy atom. The summed E-state index contributed by atoms with van der Waals surface area (Å²) < 4.78 is 13.4. The highest BCUT2D eigenvalue weighted by Crippen LogP contribution is 2.29. The van der Waals surface area contributed by atoms with Gasteiger partial charge in [0, 0.05) is 19.0 Å². The summed E-state index contributed by atoms with van der Waals surface area (Å²) in [5, 5.41) is 7.86. The van der Waals surface area contributed by atoms with Crippen molar-refractivity contribution in [2.45, 2.75) is 38.0 Å². The standard InChI is InChI=1S/C18H20FNO5S/c1-10(17(23)20-8-4-7-14(20)18(24)25)16(26-11(2)21)15(22)12-5-3-6-13(19)9-12/h3,5-6,9-10,14,16H,4,7-8H2,1-2H3,(H,24,25)/t10-,14-,16-/m0/s1. The van der Waals surface area contributed by atoms with Crippen molar-refractivity contribution in [3.8, 4) is 0 Å². The first-order chi connectivity index (χ1) is 12.2. The highest BCUT2D eigenvalue weighted by Gasteiger charge is 2.40. The first-order valence-electron chi connectivity index (χ1n) is 8.22. The lowest BCUT2D eigenvalue weighted by Gasteiger charge is -2.28. The predicted octanol–water partition coefficient (Wildman–Crippen LogP) is 2.37. The van der Waals surface area contributed by atoms with E-state index in [1.54, 1.807) is 0 Å². The van der Waals surface area contributed by atoms with E-state index < -0.39 is 40.7 Å². The van der Waals surface area contributed by atoms with Crippen molar-refractivity contribution < 1.29 is 28.7 Å². The minimum Gasteiger partial charge on any atom is -0.480 e. The van der Waals surface area contributed by atoms with Gasteiger partial charge in [-0.25, -0.2) is 9.18 Å². The summed E-state index contributed by atoms with van der Waals surface area (Å²) >= 11 is 0.707. The molecule has 0 aromatic heterocycles. The van der Waals surface area contributed by atoms with Crippen molar-refractivity contribution in [3.63, 3.8) is 0 Å². The topological polar surface area (TPSA) is 91.8 Å². The van der Waals surface area contributed by atoms with Gasteiger partial charge in [-0.05, 0) is 25.0 Å². The number of carbonyl (C=O) groups excluding carboxylic acids is 3. The molecular formula is C18H20FNO5S. The van der Waals surface area contributed by atoms with Crippen LogP contribution in [0.3, 0.4) is 0 Å². The summed E-state index contributed by atoms with van der Waals surface area (Å²) in [6.07, 6.45) is 0.925. The predicted molar refractivity (Wildman–Crippen MR) is 94.3 cm³/mol. The number of hydrogen-bond donors (Lipinski definition) is 1. The van der Waals surface area contributed by atoms with Crippen molar-refractivity contribution >= 4 is 34.5 Å². The number of hydrogen-bond acceptors (Lipinski definition) is 5. The summed E-state index contributed by atoms with van der Waals surface area (Å²) in [4.78, 5) is 49.7. The quantitative estimate of drug-likeness (QED) is 0.761. The molecule has 1 saturated heterocycles. The van der Waals surface area contributed by atoms with Crippen molar-refractivity contribution in [1.82, 2.24) is 4.90 Å². The molecule has 0 radical (unpaired) electrons. The van der Waals surface area contributed by atoms with Crippen LogP contribution < -0.4 is 0 Å². The van der Waals surface area contributed by atoms with E-state index in [2.05, 4.69) is 0 Å². The number of rotatable bonds is 6. The average Bonchev–Trinajstić information content (AvgIpc) is 3.07. The summed E-state index contributed by atoms with van der Waals surface area (Å²) in [7, 11) is 0. The number of nitrogens with zero attached hydrogens (tertiary/aromatic N) is 1. The van der Waals surface area contributed by atoms with E-state index in [0.717, 1.165) is 6.07 Å². The van der Waals surface area contributed by atoms with Gasteiger partial charge < -0.3 is 10.0 Å². The molecule has 6 nitrogen and oxygen atoms in total. The Kier molecular flexibility index (Phi) is 6.52. The van der Waals surface area contributed by atoms with Crippen LogP contribution in [-0.4, -0.2) is 50.6 Å². The van der Waals surface area contributed by atoms with Gasteiger partial charge in [-0.3, -0.25) is 14.4 Å². The fourth-order valence-electron chi connectivity index (χ4n) is 3.05. The maximum Gasteiger partial charge on any atom is 0.326 e. The maximum absolute atomic E-state index is 13.4. The Labute approximate surface area is 154 Å². The summed E-state index contributed by atoms with van der Waals surface area (Å²) in [6, 6.07) is 4.14. The first kappa shape index (κ1) is 20.1. The number of carbonyl (C=O) groups is 4. The van der Waals surface area contributed by atoms with Crippen LogP contribution in [0.2, 0.25) is 0 Å². The molecule has 1 aromatic rings. The molecule has 2 rings (SSSR count). The van der Waals surface area contributed by atoms with Crippen LogP contribution in [0, 0.1) is 11.7 Å². The van der Waals surface area contributed by atoms with Crippen molar-refractivity contribution in [2.24, 2.45) is 5.92 Å². The van der Waals surface area contributed by atoms with E-state index in [1.165, 1.54) is 36.9 Å². The molecule has 1 N–H and O–H groups in total. The van der Waals surface area contributed by atoms with Crippen molar-refractivity contribution in [1.29, 1.82) is 0 Å². The van der Waals surface area contributed by atoms with Gasteiger partial charge in [0.05, 0.1) is 11.2 Å². The minimum absolute atomic E-state index is 0.0691. The van der Waals surface area contributed by atoms with Crippen LogP contribution in [0.4, 0.5) is 4.39 Å². The van der Waals surface area contributed by atoms with E-state index in [0.29, 0.717) is 31.1 Å². The zero-order chi connectivity index (χ0) is 19.4. The Bertz CT molecular complexity index is 738. The van der Waals surface area contributed by atoms with Gasteiger partial charge in [0.25, 0.3) is 0 Å². The second-order valence-electron chi connectivity index (χ2n) is 6.22. The van der Waals surface area contributed by atoms with Crippen LogP contribution in [0.15, 0.2) is 24.3 Å². The monoisotopic (exact) mass is 381 g/mol. The molecule has 1 amide bonds. The number of Topliss-reactive ketones (excluding diaryl/α,β-unsaturated/α-hetero) is 1. The van der Waals surface area contributed by atoms with Crippen LogP contribution in [-0.2, 0) is 14.4 Å². The van der Waals surface area contributed by atoms with Gasteiger partial charge in [0.15, 0.2) is 10.9 Å². The number of aliphatic carboxylic acids is 1. The molecule has 0 bridgehead atoms. The molecular weight excluding hydrogens is 361 g/mol. The number of carboxylic acid groups (broad SMARTS) is 1. The molecule has 0 saturated carbocycles. The number of carboxylic acids is 1. The molecule has 3 atom stereocenters. The van der Waals surface area contributed by atoms with Crippen LogP contribution >= 0.6 is 11.8 Å². The molecule has 0 unspecified atom stereocenters. The molecule has 1 aliphatic rings. The van der Waals surface area contributed by atoms with Crippen LogP contribution in [0.1, 0.15) is 37.0 Å². The van der Waals surface area contributed by atoms with Crippen LogP contribution in [0.25, 0.3) is 0 Å². The van der Waals surface area contributed by atoms with Gasteiger partial charge in [0.1, 0.15) is 11.9 Å². The molecule has 0 spiro atoms. The lowest BCUT2D eigenvalue weighted by molar-refractivity contribution is -0.149. The zero-order valence-corrected chi connectivity index (χ0v) is 15.3. The summed E-state index contributed by atoms with van der Waals surface area (Å²) in [5.41, 5.74) is 0.0691. The molecule has 0 aliphatic carbocycles. The highest BCUT2D eigenvalue weighted by atomic mass is 32.2. The van der Waals surface area contributed by atoms with Crippen molar-refractivity contribution in [2.75, 3.05) is 6.54 Å². The lowest BCUT2D eigenvalue weighted by atomic mass is 9.97. The van der Waals surface area contributed by atoms with E-state index in [1.807, 2.05) is 0 Å². The van der Waals surface area contributed by atoms with Gasteiger partial charge in [-0.2, -0.15) is 0 Å². The van der Waals surface area contributed by atoms with Gasteiger partial charge in [0.2, 0.25) is 5.91 Å². The normalized spacial score (nSPS) is 19.0.